The van der Waals surface area contributed by atoms with E-state index >= 15 is 0 Å². The number of H-pyrrole nitrogens is 1. The van der Waals surface area contributed by atoms with Crippen LogP contribution in [0, 0.1) is 0 Å². The van der Waals surface area contributed by atoms with Crippen molar-refractivity contribution in [2.45, 2.75) is 19.4 Å². The molecule has 3 aromatic heterocycles. The van der Waals surface area contributed by atoms with Gasteiger partial charge in [-0.1, -0.05) is 6.07 Å². The lowest BCUT2D eigenvalue weighted by molar-refractivity contribution is 0.0996. The van der Waals surface area contributed by atoms with Gasteiger partial charge in [-0.3, -0.25) is 14.5 Å². The fourth-order valence-corrected chi connectivity index (χ4v) is 4.09. The minimum Gasteiger partial charge on any atom is -0.481 e. The summed E-state index contributed by atoms with van der Waals surface area (Å²) in [5.41, 5.74) is 10.7. The number of aryl methyl sites for hydroxylation is 1. The van der Waals surface area contributed by atoms with E-state index in [-0.39, 0.29) is 0 Å². The summed E-state index contributed by atoms with van der Waals surface area (Å²) in [4.78, 5) is 19.7. The Morgan fingerprint density at radius 2 is 2.07 bits per heavy atom. The predicted molar refractivity (Wildman–Crippen MR) is 106 cm³/mol. The maximum Gasteiger partial charge on any atom is 0.265 e. The van der Waals surface area contributed by atoms with Gasteiger partial charge in [0.15, 0.2) is 0 Å². The first kappa shape index (κ1) is 16.6. The Hall–Kier alpha value is -3.61. The lowest BCUT2D eigenvalue weighted by atomic mass is 9.85. The van der Waals surface area contributed by atoms with Crippen molar-refractivity contribution < 1.29 is 9.53 Å². The average Bonchev–Trinajstić information content (AvgIpc) is 3.23. The first-order valence-electron chi connectivity index (χ1n) is 8.98. The van der Waals surface area contributed by atoms with Gasteiger partial charge in [-0.25, -0.2) is 0 Å². The second kappa shape index (κ2) is 5.45. The minimum absolute atomic E-state index is 0.370. The van der Waals surface area contributed by atoms with Crippen LogP contribution in [0.1, 0.15) is 29.9 Å². The van der Waals surface area contributed by atoms with Gasteiger partial charge in [-0.05, 0) is 37.6 Å². The molecular formula is C21H19N5O2. The molecule has 1 aromatic carbocycles. The highest BCUT2D eigenvalue weighted by Crippen LogP contribution is 2.49. The van der Waals surface area contributed by atoms with Gasteiger partial charge >= 0.3 is 0 Å². The smallest absolute Gasteiger partial charge is 0.265 e. The number of carbonyl (C=O) groups is 1. The molecule has 0 unspecified atom stereocenters. The number of benzene rings is 1. The van der Waals surface area contributed by atoms with E-state index in [9.17, 15) is 4.79 Å². The number of nitrogens with zero attached hydrogens (tertiary/aromatic N) is 3. The summed E-state index contributed by atoms with van der Waals surface area (Å²) in [5.74, 6) is 0.161. The fourth-order valence-electron chi connectivity index (χ4n) is 4.09. The van der Waals surface area contributed by atoms with Gasteiger partial charge < -0.3 is 15.5 Å². The Morgan fingerprint density at radius 1 is 1.25 bits per heavy atom. The van der Waals surface area contributed by atoms with Gasteiger partial charge in [0.05, 0.1) is 23.6 Å². The topological polar surface area (TPSA) is 98.8 Å². The number of aromatic nitrogens is 4. The number of amides is 1. The highest BCUT2D eigenvalue weighted by molar-refractivity contribution is 6.03. The SMILES string of the molecule is Cn1ncc2cc(-c3c(C(N)=O)[nH]c4c3C(C)(C)Oc3cnccc3-4)ccc21. The van der Waals surface area contributed by atoms with Crippen molar-refractivity contribution in [3.05, 3.63) is 54.1 Å². The molecule has 4 heterocycles. The van der Waals surface area contributed by atoms with E-state index in [1.54, 1.807) is 12.4 Å². The van der Waals surface area contributed by atoms with Crippen molar-refractivity contribution in [2.24, 2.45) is 12.8 Å². The van der Waals surface area contributed by atoms with Crippen molar-refractivity contribution in [2.75, 3.05) is 0 Å². The molecule has 1 aliphatic heterocycles. The van der Waals surface area contributed by atoms with Crippen LogP contribution in [0.4, 0.5) is 0 Å². The number of carbonyl (C=O) groups excluding carboxylic acids is 1. The van der Waals surface area contributed by atoms with Gasteiger partial charge in [-0.2, -0.15) is 5.10 Å². The van der Waals surface area contributed by atoms with E-state index in [4.69, 9.17) is 10.5 Å². The quantitative estimate of drug-likeness (QED) is 0.563. The lowest BCUT2D eigenvalue weighted by Gasteiger charge is -2.33. The number of ether oxygens (including phenoxy) is 1. The molecule has 1 aliphatic rings. The molecule has 28 heavy (non-hydrogen) atoms. The van der Waals surface area contributed by atoms with E-state index in [2.05, 4.69) is 15.1 Å². The molecule has 0 saturated carbocycles. The molecule has 4 aromatic rings. The van der Waals surface area contributed by atoms with Crippen LogP contribution in [-0.2, 0) is 12.6 Å². The van der Waals surface area contributed by atoms with Gasteiger partial charge in [0, 0.05) is 35.3 Å². The number of nitrogens with two attached hydrogens (primary N) is 1. The zero-order chi connectivity index (χ0) is 19.6. The summed E-state index contributed by atoms with van der Waals surface area (Å²) in [5, 5.41) is 5.30. The number of primary amides is 1. The molecule has 3 N–H and O–H groups in total. The predicted octanol–water partition coefficient (Wildman–Crippen LogP) is 3.36. The zero-order valence-electron chi connectivity index (χ0n) is 15.8. The van der Waals surface area contributed by atoms with Crippen molar-refractivity contribution in [3.63, 3.8) is 0 Å². The molecule has 140 valence electrons. The summed E-state index contributed by atoms with van der Waals surface area (Å²) >= 11 is 0. The molecule has 0 aliphatic carbocycles. The Kier molecular flexibility index (Phi) is 3.22. The molecule has 0 fully saturated rings. The van der Waals surface area contributed by atoms with Crippen LogP contribution in [0.15, 0.2) is 42.9 Å². The third kappa shape index (κ3) is 2.19. The van der Waals surface area contributed by atoms with Gasteiger partial charge in [0.2, 0.25) is 0 Å². The van der Waals surface area contributed by atoms with E-state index in [1.807, 2.05) is 56.0 Å². The van der Waals surface area contributed by atoms with Gasteiger partial charge in [0.25, 0.3) is 5.91 Å². The van der Waals surface area contributed by atoms with Crippen molar-refractivity contribution in [1.29, 1.82) is 0 Å². The second-order valence-corrected chi connectivity index (χ2v) is 7.52. The molecule has 1 amide bonds. The zero-order valence-corrected chi connectivity index (χ0v) is 15.8. The number of hydrogen-bond acceptors (Lipinski definition) is 4. The number of fused-ring (bicyclic) bond motifs is 4. The number of pyridine rings is 1. The van der Waals surface area contributed by atoms with Crippen molar-refractivity contribution in [1.82, 2.24) is 19.7 Å². The molecule has 0 atom stereocenters. The molecular weight excluding hydrogens is 354 g/mol. The van der Waals surface area contributed by atoms with Crippen LogP contribution in [0.25, 0.3) is 33.3 Å². The van der Waals surface area contributed by atoms with Crippen LogP contribution in [-0.4, -0.2) is 25.7 Å². The number of rotatable bonds is 2. The van der Waals surface area contributed by atoms with E-state index in [0.29, 0.717) is 11.4 Å². The maximum absolute atomic E-state index is 12.3. The molecule has 7 heteroatoms. The van der Waals surface area contributed by atoms with Gasteiger partial charge in [-0.15, -0.1) is 0 Å². The summed E-state index contributed by atoms with van der Waals surface area (Å²) in [7, 11) is 1.90. The van der Waals surface area contributed by atoms with Crippen LogP contribution in [0.2, 0.25) is 0 Å². The first-order valence-corrected chi connectivity index (χ1v) is 8.98. The standard InChI is InChI=1S/C21H19N5O2/c1-21(2)17-16(11-4-5-14-12(8-11)9-24-26(14)3)19(20(22)27)25-18(17)13-6-7-23-10-15(13)28-21/h4-10,25H,1-3H3,(H2,22,27). The van der Waals surface area contributed by atoms with Crippen LogP contribution < -0.4 is 10.5 Å². The summed E-state index contributed by atoms with van der Waals surface area (Å²) in [6.07, 6.45) is 5.20. The first-order chi connectivity index (χ1) is 13.4. The number of aromatic amines is 1. The van der Waals surface area contributed by atoms with Crippen LogP contribution in [0.5, 0.6) is 5.75 Å². The molecule has 7 nitrogen and oxygen atoms in total. The molecule has 0 bridgehead atoms. The normalized spacial score (nSPS) is 14.4. The summed E-state index contributed by atoms with van der Waals surface area (Å²) in [6, 6.07) is 7.88. The van der Waals surface area contributed by atoms with Crippen LogP contribution in [0.3, 0.4) is 0 Å². The lowest BCUT2D eigenvalue weighted by Crippen LogP contribution is -2.29. The molecule has 0 spiro atoms. The van der Waals surface area contributed by atoms with Crippen LogP contribution >= 0.6 is 0 Å². The third-order valence-corrected chi connectivity index (χ3v) is 5.30. The fraction of sp³-hybridized carbons (Fsp3) is 0.190. The van der Waals surface area contributed by atoms with E-state index in [1.165, 1.54) is 0 Å². The molecule has 0 radical (unpaired) electrons. The molecule has 0 saturated heterocycles. The number of nitrogens with one attached hydrogen (secondary N) is 1. The Morgan fingerprint density at radius 3 is 2.86 bits per heavy atom. The highest BCUT2D eigenvalue weighted by atomic mass is 16.5. The Balaban J connectivity index is 1.85. The third-order valence-electron chi connectivity index (χ3n) is 5.30. The van der Waals surface area contributed by atoms with Crippen molar-refractivity contribution >= 4 is 16.8 Å². The van der Waals surface area contributed by atoms with Gasteiger partial charge in [0.1, 0.15) is 17.0 Å². The highest BCUT2D eigenvalue weighted by Gasteiger charge is 2.39. The largest absolute Gasteiger partial charge is 0.481 e. The average molecular weight is 373 g/mol. The maximum atomic E-state index is 12.3. The minimum atomic E-state index is -0.672. The second-order valence-electron chi connectivity index (χ2n) is 7.52. The molecule has 5 rings (SSSR count). The Labute approximate surface area is 161 Å². The van der Waals surface area contributed by atoms with E-state index < -0.39 is 11.5 Å². The Bertz CT molecular complexity index is 1270. The number of hydrogen-bond donors (Lipinski definition) is 2. The summed E-state index contributed by atoms with van der Waals surface area (Å²) < 4.78 is 8.06. The van der Waals surface area contributed by atoms with E-state index in [0.717, 1.165) is 38.9 Å². The van der Waals surface area contributed by atoms with Crippen molar-refractivity contribution in [3.8, 4) is 28.1 Å². The monoisotopic (exact) mass is 373 g/mol. The summed E-state index contributed by atoms with van der Waals surface area (Å²) in [6.45, 7) is 3.96.